The lowest BCUT2D eigenvalue weighted by molar-refractivity contribution is -0.118. The Hall–Kier alpha value is -3.88. The Morgan fingerprint density at radius 3 is 1.29 bits per heavy atom. The van der Waals surface area contributed by atoms with Crippen molar-refractivity contribution in [2.75, 3.05) is 9.80 Å². The van der Waals surface area contributed by atoms with Crippen LogP contribution in [-0.4, -0.2) is 32.5 Å². The van der Waals surface area contributed by atoms with Gasteiger partial charge in [0.2, 0.25) is 11.8 Å². The van der Waals surface area contributed by atoms with Crippen molar-refractivity contribution in [1.29, 1.82) is 0 Å². The molecule has 0 saturated carbocycles. The van der Waals surface area contributed by atoms with Crippen LogP contribution in [0, 0.1) is 0 Å². The summed E-state index contributed by atoms with van der Waals surface area (Å²) in [5, 5.41) is 19.9. The van der Waals surface area contributed by atoms with Crippen molar-refractivity contribution in [1.82, 2.24) is 0 Å². The molecule has 4 aromatic rings. The molecular formula is C34H32N2O4S2. The summed E-state index contributed by atoms with van der Waals surface area (Å²) in [5.41, 5.74) is 5.44. The van der Waals surface area contributed by atoms with E-state index < -0.39 is 0 Å². The van der Waals surface area contributed by atoms with E-state index in [4.69, 9.17) is 0 Å². The largest absolute Gasteiger partial charge is 0.508 e. The number of benzene rings is 4. The third-order valence-corrected chi connectivity index (χ3v) is 10.5. The molecule has 0 aliphatic carbocycles. The summed E-state index contributed by atoms with van der Waals surface area (Å²) in [6.45, 7) is 3.81. The number of carbonyl (C=O) groups excluding carboxylic acids is 2. The number of aromatic hydroxyl groups is 2. The summed E-state index contributed by atoms with van der Waals surface area (Å²) in [7, 11) is 0. The number of phenolic OH excluding ortho intramolecular Hbond substituents is 2. The third kappa shape index (κ3) is 5.37. The zero-order valence-electron chi connectivity index (χ0n) is 23.4. The average Bonchev–Trinajstić information content (AvgIpc) is 3.46. The summed E-state index contributed by atoms with van der Waals surface area (Å²) < 4.78 is 0. The lowest BCUT2D eigenvalue weighted by Crippen LogP contribution is -2.30. The first-order valence-corrected chi connectivity index (χ1v) is 15.9. The van der Waals surface area contributed by atoms with Crippen LogP contribution in [0.3, 0.4) is 0 Å². The van der Waals surface area contributed by atoms with Crippen LogP contribution < -0.4 is 9.80 Å². The molecule has 6 rings (SSSR count). The Balaban J connectivity index is 1.14. The molecule has 0 unspecified atom stereocenters. The van der Waals surface area contributed by atoms with E-state index in [0.717, 1.165) is 46.5 Å². The van der Waals surface area contributed by atoms with Crippen molar-refractivity contribution in [2.45, 2.75) is 47.9 Å². The quantitative estimate of drug-likeness (QED) is 0.235. The Kier molecular flexibility index (Phi) is 7.92. The highest BCUT2D eigenvalue weighted by molar-refractivity contribution is 8.01. The second-order valence-corrected chi connectivity index (χ2v) is 13.5. The van der Waals surface area contributed by atoms with Crippen molar-refractivity contribution >= 4 is 46.7 Å². The Morgan fingerprint density at radius 2 is 0.929 bits per heavy atom. The van der Waals surface area contributed by atoms with E-state index in [1.54, 1.807) is 57.6 Å². The number of rotatable bonds is 7. The van der Waals surface area contributed by atoms with Crippen molar-refractivity contribution < 1.29 is 19.8 Å². The van der Waals surface area contributed by atoms with Crippen LogP contribution in [0.15, 0.2) is 97.1 Å². The number of para-hydroxylation sites is 2. The molecule has 0 spiro atoms. The minimum Gasteiger partial charge on any atom is -0.508 e. The van der Waals surface area contributed by atoms with Gasteiger partial charge in [-0.2, -0.15) is 0 Å². The van der Waals surface area contributed by atoms with Crippen LogP contribution in [0.1, 0.15) is 46.8 Å². The van der Waals surface area contributed by atoms with Gasteiger partial charge in [-0.05, 0) is 74.2 Å². The predicted molar refractivity (Wildman–Crippen MR) is 171 cm³/mol. The van der Waals surface area contributed by atoms with Crippen molar-refractivity contribution in [3.05, 3.63) is 119 Å². The van der Waals surface area contributed by atoms with Gasteiger partial charge in [0.15, 0.2) is 0 Å². The van der Waals surface area contributed by atoms with Crippen LogP contribution in [0.4, 0.5) is 11.4 Å². The fourth-order valence-corrected chi connectivity index (χ4v) is 8.15. The van der Waals surface area contributed by atoms with E-state index >= 15 is 0 Å². The Bertz CT molecular complexity index is 1490. The average molecular weight is 597 g/mol. The maximum Gasteiger partial charge on any atom is 0.241 e. The van der Waals surface area contributed by atoms with Crippen molar-refractivity contribution in [2.24, 2.45) is 0 Å². The van der Waals surface area contributed by atoms with E-state index in [9.17, 15) is 19.8 Å². The number of hydrogen-bond donors (Lipinski definition) is 2. The molecule has 2 aliphatic heterocycles. The van der Waals surface area contributed by atoms with Crippen LogP contribution in [0.25, 0.3) is 0 Å². The van der Waals surface area contributed by atoms with E-state index in [-0.39, 0.29) is 44.6 Å². The number of phenols is 2. The van der Waals surface area contributed by atoms with Gasteiger partial charge in [0.25, 0.3) is 0 Å². The first-order chi connectivity index (χ1) is 20.3. The van der Waals surface area contributed by atoms with Crippen molar-refractivity contribution in [3.8, 4) is 11.5 Å². The molecule has 0 radical (unpaired) electrons. The first-order valence-electron chi connectivity index (χ1n) is 14.0. The van der Waals surface area contributed by atoms with Gasteiger partial charge < -0.3 is 10.2 Å². The lowest BCUT2D eigenvalue weighted by Gasteiger charge is -2.25. The molecule has 2 heterocycles. The second-order valence-electron chi connectivity index (χ2n) is 10.6. The smallest absolute Gasteiger partial charge is 0.241 e. The molecule has 4 aromatic carbocycles. The minimum atomic E-state index is -0.271. The maximum absolute atomic E-state index is 13.1. The Labute approximate surface area is 254 Å². The van der Waals surface area contributed by atoms with Gasteiger partial charge in [0.05, 0.1) is 10.5 Å². The molecule has 6 nitrogen and oxygen atoms in total. The summed E-state index contributed by atoms with van der Waals surface area (Å²) >= 11 is 3.09. The molecule has 0 bridgehead atoms. The summed E-state index contributed by atoms with van der Waals surface area (Å²) in [5.74, 6) is 0.464. The molecule has 42 heavy (non-hydrogen) atoms. The molecule has 8 heteroatoms. The standard InChI is InChI=1S/C34H32N2O4S2/c1-21-31(39)35(33(41-21)27-7-3-5-9-29(27)37)25-17-13-23(14-18-25)11-12-24-15-19-26(20-16-24)36-32(40)22(2)42-34(36)28-8-4-6-10-30(28)38/h3-10,13-22,33-34,37-38H,11-12H2,1-2H3/t21-,22-,33-,34-/m0/s1. The van der Waals surface area contributed by atoms with E-state index in [1.807, 2.05) is 62.4 Å². The van der Waals surface area contributed by atoms with Crippen LogP contribution in [0.2, 0.25) is 0 Å². The Morgan fingerprint density at radius 1 is 0.571 bits per heavy atom. The predicted octanol–water partition coefficient (Wildman–Crippen LogP) is 7.22. The van der Waals surface area contributed by atoms with Crippen LogP contribution in [-0.2, 0) is 22.4 Å². The number of thioether (sulfide) groups is 2. The lowest BCUT2D eigenvalue weighted by atomic mass is 10.0. The fraction of sp³-hybridized carbons (Fsp3) is 0.235. The maximum atomic E-state index is 13.1. The number of hydrogen-bond acceptors (Lipinski definition) is 6. The van der Waals surface area contributed by atoms with Gasteiger partial charge in [-0.3, -0.25) is 19.4 Å². The van der Waals surface area contributed by atoms with E-state index in [0.29, 0.717) is 0 Å². The van der Waals surface area contributed by atoms with Crippen LogP contribution in [0.5, 0.6) is 11.5 Å². The summed E-state index contributed by atoms with van der Waals surface area (Å²) in [6.07, 6.45) is 1.66. The highest BCUT2D eigenvalue weighted by Gasteiger charge is 2.41. The highest BCUT2D eigenvalue weighted by atomic mass is 32.2. The zero-order valence-corrected chi connectivity index (χ0v) is 25.0. The van der Waals surface area contributed by atoms with Crippen LogP contribution >= 0.6 is 23.5 Å². The highest BCUT2D eigenvalue weighted by Crippen LogP contribution is 2.49. The number of amides is 2. The molecule has 4 atom stereocenters. The monoisotopic (exact) mass is 596 g/mol. The topological polar surface area (TPSA) is 81.1 Å². The molecule has 2 saturated heterocycles. The molecule has 2 amide bonds. The van der Waals surface area contributed by atoms with Gasteiger partial charge in [0.1, 0.15) is 22.2 Å². The zero-order chi connectivity index (χ0) is 29.4. The molecular weight excluding hydrogens is 565 g/mol. The SMILES string of the molecule is C[C@@H]1S[C@@H](c2ccccc2O)N(c2ccc(CCc3ccc(N4C(=O)[C@H](C)S[C@H]4c4ccccc4O)cc3)cc2)C1=O. The molecule has 2 fully saturated rings. The molecule has 2 N–H and O–H groups in total. The number of anilines is 2. The summed E-state index contributed by atoms with van der Waals surface area (Å²) in [4.78, 5) is 29.7. The van der Waals surface area contributed by atoms with Gasteiger partial charge in [0, 0.05) is 22.5 Å². The first kappa shape index (κ1) is 28.2. The summed E-state index contributed by atoms with van der Waals surface area (Å²) in [6, 6.07) is 30.6. The molecule has 2 aliphatic rings. The fourth-order valence-electron chi connectivity index (χ4n) is 5.53. The number of carbonyl (C=O) groups is 2. The number of aryl methyl sites for hydroxylation is 2. The minimum absolute atomic E-state index is 0.0371. The van der Waals surface area contributed by atoms with Crippen molar-refractivity contribution in [3.63, 3.8) is 0 Å². The molecule has 0 aromatic heterocycles. The van der Waals surface area contributed by atoms with Gasteiger partial charge >= 0.3 is 0 Å². The van der Waals surface area contributed by atoms with E-state index in [2.05, 4.69) is 24.3 Å². The second kappa shape index (κ2) is 11.8. The van der Waals surface area contributed by atoms with E-state index in [1.165, 1.54) is 0 Å². The van der Waals surface area contributed by atoms with Gasteiger partial charge in [-0.15, -0.1) is 23.5 Å². The number of nitrogens with zero attached hydrogens (tertiary/aromatic N) is 2. The normalized spacial score (nSPS) is 22.2. The molecule has 214 valence electrons. The van der Waals surface area contributed by atoms with Gasteiger partial charge in [-0.1, -0.05) is 60.7 Å². The van der Waals surface area contributed by atoms with Gasteiger partial charge in [-0.25, -0.2) is 0 Å². The third-order valence-electron chi connectivity index (χ3n) is 7.84.